The monoisotopic (exact) mass is 375 g/mol. The topological polar surface area (TPSA) is 55.4 Å². The third kappa shape index (κ3) is 4.26. The van der Waals surface area contributed by atoms with E-state index >= 15 is 0 Å². The van der Waals surface area contributed by atoms with Crippen molar-refractivity contribution < 1.29 is 14.3 Å². The molecule has 2 aromatic rings. The van der Waals surface area contributed by atoms with Gasteiger partial charge in [-0.1, -0.05) is 48.5 Å². The zero-order valence-corrected chi connectivity index (χ0v) is 16.1. The van der Waals surface area contributed by atoms with Crippen LogP contribution in [0.1, 0.15) is 49.7 Å². The van der Waals surface area contributed by atoms with Gasteiger partial charge in [0.1, 0.15) is 12.9 Å². The summed E-state index contributed by atoms with van der Waals surface area (Å²) in [6.45, 7) is 1.93. The van der Waals surface area contributed by atoms with Gasteiger partial charge in [0.05, 0.1) is 5.54 Å². The zero-order valence-electron chi connectivity index (χ0n) is 16.1. The van der Waals surface area contributed by atoms with Gasteiger partial charge in [-0.3, -0.25) is 0 Å². The van der Waals surface area contributed by atoms with E-state index in [9.17, 15) is 9.59 Å². The fraction of sp³-hybridized carbons (Fsp3) is 0.333. The molecule has 0 aromatic heterocycles. The second-order valence-corrected chi connectivity index (χ2v) is 7.40. The fourth-order valence-electron chi connectivity index (χ4n) is 3.74. The molecule has 0 saturated carbocycles. The lowest BCUT2D eigenvalue weighted by atomic mass is 9.96. The van der Waals surface area contributed by atoms with E-state index in [0.29, 0.717) is 12.8 Å². The molecule has 0 bridgehead atoms. The highest BCUT2D eigenvalue weighted by molar-refractivity contribution is 5.79. The minimum absolute atomic E-state index is 0.00346. The Morgan fingerprint density at radius 2 is 1.75 bits per heavy atom. The summed E-state index contributed by atoms with van der Waals surface area (Å²) in [5, 5.41) is 2.71. The molecule has 1 aliphatic carbocycles. The van der Waals surface area contributed by atoms with Crippen molar-refractivity contribution in [3.05, 3.63) is 59.7 Å². The molecule has 4 heteroatoms. The van der Waals surface area contributed by atoms with Gasteiger partial charge in [-0.25, -0.2) is 4.79 Å². The van der Waals surface area contributed by atoms with Gasteiger partial charge in [0, 0.05) is 12.3 Å². The Morgan fingerprint density at radius 3 is 2.32 bits per heavy atom. The highest BCUT2D eigenvalue weighted by Crippen LogP contribution is 2.44. The smallest absolute Gasteiger partial charge is 0.407 e. The molecular weight excluding hydrogens is 350 g/mol. The van der Waals surface area contributed by atoms with Crippen LogP contribution in [0.4, 0.5) is 4.79 Å². The lowest BCUT2D eigenvalue weighted by Crippen LogP contribution is -2.47. The molecule has 0 heterocycles. The van der Waals surface area contributed by atoms with E-state index in [1.54, 1.807) is 6.92 Å². The Hall–Kier alpha value is -3.06. The van der Waals surface area contributed by atoms with Gasteiger partial charge in [0.15, 0.2) is 0 Å². The van der Waals surface area contributed by atoms with E-state index in [1.165, 1.54) is 11.1 Å². The predicted octanol–water partition coefficient (Wildman–Crippen LogP) is 4.68. The second-order valence-electron chi connectivity index (χ2n) is 7.40. The number of carbonyl (C=O) groups is 2. The summed E-state index contributed by atoms with van der Waals surface area (Å²) in [5.41, 5.74) is 3.72. The normalized spacial score (nSPS) is 14.3. The molecule has 1 N–H and O–H groups in total. The van der Waals surface area contributed by atoms with Crippen LogP contribution in [0.3, 0.4) is 0 Å². The largest absolute Gasteiger partial charge is 0.449 e. The Bertz CT molecular complexity index is 853. The van der Waals surface area contributed by atoms with E-state index in [1.807, 2.05) is 24.3 Å². The molecule has 0 saturated heterocycles. The highest BCUT2D eigenvalue weighted by Gasteiger charge is 2.30. The molecule has 0 aliphatic heterocycles. The number of hydrogen-bond acceptors (Lipinski definition) is 3. The van der Waals surface area contributed by atoms with Crippen LogP contribution in [-0.4, -0.2) is 24.5 Å². The Balaban J connectivity index is 1.63. The van der Waals surface area contributed by atoms with Crippen LogP contribution in [0.2, 0.25) is 0 Å². The lowest BCUT2D eigenvalue weighted by Gasteiger charge is -2.24. The van der Waals surface area contributed by atoms with Crippen LogP contribution in [0, 0.1) is 12.3 Å². The molecule has 1 atom stereocenters. The molecular formula is C24H25NO3. The van der Waals surface area contributed by atoms with Crippen LogP contribution in [0.5, 0.6) is 0 Å². The molecule has 0 fully saturated rings. The number of benzene rings is 2. The number of amides is 1. The number of terminal acetylenes is 1. The van der Waals surface area contributed by atoms with Crippen LogP contribution in [0.25, 0.3) is 11.1 Å². The SMILES string of the molecule is C#CCCCC[C@](C)(C=O)NC(=O)OCC1c2ccccc2-c2ccccc21. The minimum atomic E-state index is -0.947. The summed E-state index contributed by atoms with van der Waals surface area (Å²) in [5.74, 6) is 2.58. The second kappa shape index (κ2) is 8.75. The van der Waals surface area contributed by atoms with Gasteiger partial charge < -0.3 is 14.8 Å². The number of ether oxygens (including phenoxy) is 1. The molecule has 144 valence electrons. The van der Waals surface area contributed by atoms with Crippen LogP contribution < -0.4 is 5.32 Å². The Kier molecular flexibility index (Phi) is 6.16. The number of fused-ring (bicyclic) bond motifs is 3. The van der Waals surface area contributed by atoms with Gasteiger partial charge in [-0.05, 0) is 48.4 Å². The molecule has 0 radical (unpaired) electrons. The number of unbranched alkanes of at least 4 members (excludes halogenated alkanes) is 2. The molecule has 1 amide bonds. The number of carbonyl (C=O) groups excluding carboxylic acids is 2. The zero-order chi connectivity index (χ0) is 20.0. The molecule has 28 heavy (non-hydrogen) atoms. The first-order valence-electron chi connectivity index (χ1n) is 9.61. The maximum Gasteiger partial charge on any atom is 0.407 e. The van der Waals surface area contributed by atoms with E-state index in [4.69, 9.17) is 11.2 Å². The van der Waals surface area contributed by atoms with Gasteiger partial charge in [-0.15, -0.1) is 12.3 Å². The molecule has 0 spiro atoms. The third-order valence-electron chi connectivity index (χ3n) is 5.26. The summed E-state index contributed by atoms with van der Waals surface area (Å²) in [4.78, 5) is 23.9. The first-order chi connectivity index (χ1) is 13.6. The molecule has 3 rings (SSSR count). The molecule has 0 unspecified atom stereocenters. The van der Waals surface area contributed by atoms with Crippen molar-refractivity contribution in [3.8, 4) is 23.5 Å². The van der Waals surface area contributed by atoms with E-state index in [0.717, 1.165) is 30.3 Å². The third-order valence-corrected chi connectivity index (χ3v) is 5.26. The number of aldehydes is 1. The van der Waals surface area contributed by atoms with E-state index in [2.05, 4.69) is 35.5 Å². The van der Waals surface area contributed by atoms with Crippen molar-refractivity contribution in [3.63, 3.8) is 0 Å². The maximum atomic E-state index is 12.4. The van der Waals surface area contributed by atoms with Crippen molar-refractivity contribution in [1.29, 1.82) is 0 Å². The quantitative estimate of drug-likeness (QED) is 0.414. The first kappa shape index (κ1) is 19.7. The van der Waals surface area contributed by atoms with Crippen molar-refractivity contribution in [1.82, 2.24) is 5.32 Å². The van der Waals surface area contributed by atoms with Crippen molar-refractivity contribution in [2.45, 2.75) is 44.1 Å². The van der Waals surface area contributed by atoms with Crippen LogP contribution in [0.15, 0.2) is 48.5 Å². The molecule has 1 aliphatic rings. The van der Waals surface area contributed by atoms with Crippen LogP contribution >= 0.6 is 0 Å². The minimum Gasteiger partial charge on any atom is -0.449 e. The van der Waals surface area contributed by atoms with Gasteiger partial charge in [0.25, 0.3) is 0 Å². The molecule has 2 aromatic carbocycles. The van der Waals surface area contributed by atoms with Crippen molar-refractivity contribution >= 4 is 12.4 Å². The highest BCUT2D eigenvalue weighted by atomic mass is 16.5. The number of rotatable bonds is 8. The fourth-order valence-corrected chi connectivity index (χ4v) is 3.74. The average molecular weight is 375 g/mol. The summed E-state index contributed by atoms with van der Waals surface area (Å²) in [7, 11) is 0. The van der Waals surface area contributed by atoms with E-state index in [-0.39, 0.29) is 12.5 Å². The summed E-state index contributed by atoms with van der Waals surface area (Å²) in [6, 6.07) is 16.4. The number of nitrogens with one attached hydrogen (secondary N) is 1. The van der Waals surface area contributed by atoms with E-state index < -0.39 is 11.6 Å². The summed E-state index contributed by atoms with van der Waals surface area (Å²) >= 11 is 0. The van der Waals surface area contributed by atoms with Gasteiger partial charge in [0.2, 0.25) is 0 Å². The number of alkyl carbamates (subject to hydrolysis) is 1. The van der Waals surface area contributed by atoms with Gasteiger partial charge in [-0.2, -0.15) is 0 Å². The maximum absolute atomic E-state index is 12.4. The predicted molar refractivity (Wildman–Crippen MR) is 110 cm³/mol. The Morgan fingerprint density at radius 1 is 1.14 bits per heavy atom. The summed E-state index contributed by atoms with van der Waals surface area (Å²) < 4.78 is 5.52. The average Bonchev–Trinajstić information content (AvgIpc) is 3.04. The van der Waals surface area contributed by atoms with Crippen molar-refractivity contribution in [2.75, 3.05) is 6.61 Å². The number of hydrogen-bond donors (Lipinski definition) is 1. The first-order valence-corrected chi connectivity index (χ1v) is 9.61. The lowest BCUT2D eigenvalue weighted by molar-refractivity contribution is -0.113. The summed E-state index contributed by atoms with van der Waals surface area (Å²) in [6.07, 6.45) is 8.23. The van der Waals surface area contributed by atoms with Crippen molar-refractivity contribution in [2.24, 2.45) is 0 Å². The van der Waals surface area contributed by atoms with Gasteiger partial charge >= 0.3 is 6.09 Å². The van der Waals surface area contributed by atoms with Crippen LogP contribution in [-0.2, 0) is 9.53 Å². The standard InChI is InChI=1S/C24H25NO3/c1-3-4-5-10-15-24(2,17-26)25-23(27)28-16-22-20-13-8-6-11-18(20)19-12-7-9-14-21(19)22/h1,6-9,11-14,17,22H,4-5,10,15-16H2,2H3,(H,25,27)/t24-/m1/s1. The molecule has 4 nitrogen and oxygen atoms in total. The Labute approximate surface area is 166 Å².